The van der Waals surface area contributed by atoms with Gasteiger partial charge in [0, 0.05) is 5.38 Å². The van der Waals surface area contributed by atoms with Gasteiger partial charge in [-0.05, 0) is 12.3 Å². The van der Waals surface area contributed by atoms with E-state index in [1.54, 1.807) is 0 Å². The molecule has 72 valence electrons. The zero-order valence-electron chi connectivity index (χ0n) is 7.72. The van der Waals surface area contributed by atoms with E-state index in [2.05, 4.69) is 13.8 Å². The molecule has 2 nitrogen and oxygen atoms in total. The van der Waals surface area contributed by atoms with Crippen LogP contribution in [0, 0.1) is 5.92 Å². The second-order valence-corrected chi connectivity index (χ2v) is 4.14. The van der Waals surface area contributed by atoms with Crippen LogP contribution in [0.4, 0.5) is 0 Å². The lowest BCUT2D eigenvalue weighted by atomic mass is 10.0. The fourth-order valence-corrected chi connectivity index (χ4v) is 1.33. The highest BCUT2D eigenvalue weighted by Gasteiger charge is 2.09. The molecule has 0 saturated heterocycles. The van der Waals surface area contributed by atoms with E-state index in [1.807, 2.05) is 0 Å². The number of carboxylic acids is 1. The van der Waals surface area contributed by atoms with Crippen LogP contribution in [-0.2, 0) is 4.79 Å². The van der Waals surface area contributed by atoms with E-state index in [0.29, 0.717) is 5.92 Å². The second-order valence-electron chi connectivity index (χ2n) is 3.52. The van der Waals surface area contributed by atoms with Crippen molar-refractivity contribution in [2.24, 2.45) is 5.92 Å². The number of carbonyl (C=O) groups is 1. The summed E-state index contributed by atoms with van der Waals surface area (Å²) in [7, 11) is 0. The van der Waals surface area contributed by atoms with Gasteiger partial charge in [-0.1, -0.05) is 26.7 Å². The van der Waals surface area contributed by atoms with Crippen LogP contribution >= 0.6 is 11.6 Å². The molecule has 0 aliphatic carbocycles. The molecule has 1 unspecified atom stereocenters. The fourth-order valence-electron chi connectivity index (χ4n) is 1.04. The van der Waals surface area contributed by atoms with Crippen molar-refractivity contribution < 1.29 is 9.90 Å². The molecule has 0 aromatic carbocycles. The van der Waals surface area contributed by atoms with Gasteiger partial charge in [-0.2, -0.15) is 0 Å². The first-order valence-corrected chi connectivity index (χ1v) is 4.82. The summed E-state index contributed by atoms with van der Waals surface area (Å²) < 4.78 is 0. The lowest BCUT2D eigenvalue weighted by Gasteiger charge is -2.07. The topological polar surface area (TPSA) is 37.3 Å². The molecule has 0 spiro atoms. The summed E-state index contributed by atoms with van der Waals surface area (Å²) in [5.41, 5.74) is 0. The Labute approximate surface area is 78.9 Å². The predicted molar refractivity (Wildman–Crippen MR) is 50.6 cm³/mol. The second kappa shape index (κ2) is 6.30. The predicted octanol–water partition coefficient (Wildman–Crippen LogP) is 2.89. The molecule has 1 atom stereocenters. The molecule has 0 rings (SSSR count). The first kappa shape index (κ1) is 11.8. The zero-order chi connectivity index (χ0) is 9.56. The minimum absolute atomic E-state index is 0.0830. The van der Waals surface area contributed by atoms with Crippen molar-refractivity contribution >= 4 is 17.6 Å². The average Bonchev–Trinajstić information content (AvgIpc) is 1.84. The van der Waals surface area contributed by atoms with Crippen molar-refractivity contribution in [1.82, 2.24) is 0 Å². The van der Waals surface area contributed by atoms with Gasteiger partial charge in [0.2, 0.25) is 0 Å². The van der Waals surface area contributed by atoms with Crippen molar-refractivity contribution in [2.45, 2.75) is 44.9 Å². The maximum absolute atomic E-state index is 10.2. The molecule has 0 bridgehead atoms. The Bertz CT molecular complexity index is 134. The number of aliphatic carboxylic acids is 1. The van der Waals surface area contributed by atoms with Crippen molar-refractivity contribution in [2.75, 3.05) is 0 Å². The molecule has 12 heavy (non-hydrogen) atoms. The summed E-state index contributed by atoms with van der Waals surface area (Å²) in [6.45, 7) is 4.31. The standard InChI is InChI=1S/C9H17ClO2/c1-7(2)4-3-5-8(10)6-9(11)12/h7-8H,3-6H2,1-2H3,(H,11,12). The van der Waals surface area contributed by atoms with Crippen LogP contribution in [-0.4, -0.2) is 16.5 Å². The first-order valence-electron chi connectivity index (χ1n) is 4.38. The lowest BCUT2D eigenvalue weighted by Crippen LogP contribution is -2.07. The molecule has 0 saturated carbocycles. The number of halogens is 1. The Kier molecular flexibility index (Phi) is 6.17. The molecule has 0 aliphatic rings. The van der Waals surface area contributed by atoms with E-state index < -0.39 is 5.97 Å². The van der Waals surface area contributed by atoms with Crippen LogP contribution in [0.3, 0.4) is 0 Å². The molecular weight excluding hydrogens is 176 g/mol. The van der Waals surface area contributed by atoms with E-state index in [4.69, 9.17) is 16.7 Å². The van der Waals surface area contributed by atoms with Gasteiger partial charge in [-0.15, -0.1) is 11.6 Å². The monoisotopic (exact) mass is 192 g/mol. The van der Waals surface area contributed by atoms with Crippen molar-refractivity contribution in [3.05, 3.63) is 0 Å². The maximum atomic E-state index is 10.2. The van der Waals surface area contributed by atoms with Gasteiger partial charge in [0.1, 0.15) is 0 Å². The van der Waals surface area contributed by atoms with Gasteiger partial charge in [0.05, 0.1) is 6.42 Å². The molecule has 0 fully saturated rings. The molecule has 0 radical (unpaired) electrons. The van der Waals surface area contributed by atoms with E-state index in [9.17, 15) is 4.79 Å². The molecule has 3 heteroatoms. The Hall–Kier alpha value is -0.240. The van der Waals surface area contributed by atoms with Crippen LogP contribution < -0.4 is 0 Å². The van der Waals surface area contributed by atoms with E-state index in [0.717, 1.165) is 19.3 Å². The van der Waals surface area contributed by atoms with Gasteiger partial charge >= 0.3 is 5.97 Å². The smallest absolute Gasteiger partial charge is 0.304 e. The lowest BCUT2D eigenvalue weighted by molar-refractivity contribution is -0.137. The summed E-state index contributed by atoms with van der Waals surface area (Å²) in [5, 5.41) is 8.21. The molecule has 0 aliphatic heterocycles. The Balaban J connectivity index is 3.31. The van der Waals surface area contributed by atoms with Gasteiger partial charge in [0.15, 0.2) is 0 Å². The van der Waals surface area contributed by atoms with Gasteiger partial charge in [0.25, 0.3) is 0 Å². The zero-order valence-corrected chi connectivity index (χ0v) is 8.47. The molecular formula is C9H17ClO2. The van der Waals surface area contributed by atoms with E-state index in [1.165, 1.54) is 0 Å². The summed E-state index contributed by atoms with van der Waals surface area (Å²) in [6, 6.07) is 0. The number of hydrogen-bond acceptors (Lipinski definition) is 1. The Morgan fingerprint density at radius 2 is 2.00 bits per heavy atom. The van der Waals surface area contributed by atoms with Crippen molar-refractivity contribution in [3.8, 4) is 0 Å². The fraction of sp³-hybridized carbons (Fsp3) is 0.889. The Morgan fingerprint density at radius 3 is 2.42 bits per heavy atom. The first-order chi connectivity index (χ1) is 5.52. The summed E-state index contributed by atoms with van der Waals surface area (Å²) in [5.74, 6) is -0.127. The largest absolute Gasteiger partial charge is 0.481 e. The third-order valence-corrected chi connectivity index (χ3v) is 2.07. The number of alkyl halides is 1. The SMILES string of the molecule is CC(C)CCCC(Cl)CC(=O)O. The minimum Gasteiger partial charge on any atom is -0.481 e. The minimum atomic E-state index is -0.806. The number of hydrogen-bond donors (Lipinski definition) is 1. The van der Waals surface area contributed by atoms with Crippen LogP contribution in [0.5, 0.6) is 0 Å². The van der Waals surface area contributed by atoms with E-state index in [-0.39, 0.29) is 11.8 Å². The maximum Gasteiger partial charge on any atom is 0.304 e. The molecule has 0 heterocycles. The summed E-state index contributed by atoms with van der Waals surface area (Å²) >= 11 is 5.78. The van der Waals surface area contributed by atoms with Crippen LogP contribution in [0.2, 0.25) is 0 Å². The van der Waals surface area contributed by atoms with Crippen LogP contribution in [0.15, 0.2) is 0 Å². The normalized spacial score (nSPS) is 13.3. The van der Waals surface area contributed by atoms with Crippen molar-refractivity contribution in [1.29, 1.82) is 0 Å². The van der Waals surface area contributed by atoms with Crippen molar-refractivity contribution in [3.63, 3.8) is 0 Å². The highest BCUT2D eigenvalue weighted by molar-refractivity contribution is 6.21. The summed E-state index contributed by atoms with van der Waals surface area (Å²) in [6.07, 6.45) is 3.05. The van der Waals surface area contributed by atoms with Crippen LogP contribution in [0.25, 0.3) is 0 Å². The highest BCUT2D eigenvalue weighted by Crippen LogP contribution is 2.14. The van der Waals surface area contributed by atoms with Gasteiger partial charge < -0.3 is 5.11 Å². The number of rotatable bonds is 6. The highest BCUT2D eigenvalue weighted by atomic mass is 35.5. The molecule has 0 aromatic rings. The molecule has 0 amide bonds. The van der Waals surface area contributed by atoms with Gasteiger partial charge in [-0.25, -0.2) is 0 Å². The third kappa shape index (κ3) is 7.86. The average molecular weight is 193 g/mol. The third-order valence-electron chi connectivity index (χ3n) is 1.69. The summed E-state index contributed by atoms with van der Waals surface area (Å²) in [4.78, 5) is 10.2. The molecule has 0 aromatic heterocycles. The quantitative estimate of drug-likeness (QED) is 0.658. The molecule has 1 N–H and O–H groups in total. The Morgan fingerprint density at radius 1 is 1.42 bits per heavy atom. The van der Waals surface area contributed by atoms with E-state index >= 15 is 0 Å². The van der Waals surface area contributed by atoms with Crippen LogP contribution in [0.1, 0.15) is 39.5 Å². The number of carboxylic acid groups (broad SMARTS) is 1. The van der Waals surface area contributed by atoms with Gasteiger partial charge in [-0.3, -0.25) is 4.79 Å².